The van der Waals surface area contributed by atoms with Crippen LogP contribution in [0.1, 0.15) is 0 Å². The van der Waals surface area contributed by atoms with Gasteiger partial charge < -0.3 is 9.47 Å². The van der Waals surface area contributed by atoms with Crippen LogP contribution in [0.4, 0.5) is 0 Å². The van der Waals surface area contributed by atoms with E-state index in [1.807, 2.05) is 0 Å². The Morgan fingerprint density at radius 1 is 0.758 bits per heavy atom. The van der Waals surface area contributed by atoms with E-state index >= 15 is 0 Å². The van der Waals surface area contributed by atoms with Crippen molar-refractivity contribution in [1.82, 2.24) is 0 Å². The zero-order chi connectivity index (χ0) is 23.6. The lowest BCUT2D eigenvalue weighted by Gasteiger charge is -2.24. The molecule has 0 aliphatic carbocycles. The lowest BCUT2D eigenvalue weighted by atomic mass is 10.1. The van der Waals surface area contributed by atoms with E-state index in [0.29, 0.717) is 21.2 Å². The molecule has 0 spiro atoms. The molecule has 2 aromatic rings. The number of ether oxygens (including phenoxy) is 2. The SMILES string of the molecule is COC(=O)C=C1C=c2ccccc2=NC1S(=O)(=O)C1N=c2ccccc2=CC1=CC(=O)OC. The molecular formula is C24H20N2O6S. The van der Waals surface area contributed by atoms with Crippen LogP contribution in [0.2, 0.25) is 0 Å². The van der Waals surface area contributed by atoms with Gasteiger partial charge in [0.25, 0.3) is 0 Å². The Morgan fingerprint density at radius 2 is 1.15 bits per heavy atom. The fourth-order valence-electron chi connectivity index (χ4n) is 3.62. The van der Waals surface area contributed by atoms with Gasteiger partial charge in [-0.1, -0.05) is 36.4 Å². The fraction of sp³-hybridized carbons (Fsp3) is 0.167. The van der Waals surface area contributed by atoms with Crippen LogP contribution in [0.5, 0.6) is 0 Å². The third-order valence-corrected chi connectivity index (χ3v) is 7.19. The highest BCUT2D eigenvalue weighted by Gasteiger charge is 2.39. The summed E-state index contributed by atoms with van der Waals surface area (Å²) in [7, 11) is -1.82. The lowest BCUT2D eigenvalue weighted by Crippen LogP contribution is -2.42. The number of methoxy groups -OCH3 is 2. The molecule has 0 N–H and O–H groups in total. The number of carbonyl (C=O) groups is 2. The third kappa shape index (κ3) is 4.40. The van der Waals surface area contributed by atoms with Crippen LogP contribution in [0.25, 0.3) is 12.2 Å². The summed E-state index contributed by atoms with van der Waals surface area (Å²) in [4.78, 5) is 32.9. The van der Waals surface area contributed by atoms with Gasteiger partial charge in [0.2, 0.25) is 9.84 Å². The molecule has 2 atom stereocenters. The second-order valence-electron chi connectivity index (χ2n) is 7.29. The third-order valence-electron chi connectivity index (χ3n) is 5.19. The average Bonchev–Trinajstić information content (AvgIpc) is 2.82. The van der Waals surface area contributed by atoms with Gasteiger partial charge in [-0.05, 0) is 35.4 Å². The number of rotatable bonds is 4. The molecule has 0 amide bonds. The molecule has 8 nitrogen and oxygen atoms in total. The van der Waals surface area contributed by atoms with Crippen molar-refractivity contribution in [3.05, 3.63) is 93.0 Å². The smallest absolute Gasteiger partial charge is 0.330 e. The Balaban J connectivity index is 1.94. The van der Waals surface area contributed by atoms with Gasteiger partial charge in [0.15, 0.2) is 10.7 Å². The molecule has 2 heterocycles. The molecule has 2 aliphatic rings. The van der Waals surface area contributed by atoms with Gasteiger partial charge in [0.05, 0.1) is 24.9 Å². The monoisotopic (exact) mass is 464 g/mol. The summed E-state index contributed by atoms with van der Waals surface area (Å²) >= 11 is 0. The largest absolute Gasteiger partial charge is 0.466 e. The molecule has 9 heteroatoms. The van der Waals surface area contributed by atoms with E-state index in [-0.39, 0.29) is 11.1 Å². The fourth-order valence-corrected chi connectivity index (χ4v) is 5.42. The standard InChI is InChI=1S/C24H20N2O6S/c1-31-21(27)13-17-11-15-7-3-5-9-19(15)25-23(17)33(29,30)24-18(14-22(28)32-2)12-16-8-4-6-10-20(16)26-24/h3-14,23-24H,1-2H3. The zero-order valence-corrected chi connectivity index (χ0v) is 18.7. The molecule has 33 heavy (non-hydrogen) atoms. The number of hydrogen-bond donors (Lipinski definition) is 0. The van der Waals surface area contributed by atoms with Gasteiger partial charge in [-0.15, -0.1) is 0 Å². The first-order valence-corrected chi connectivity index (χ1v) is 11.6. The van der Waals surface area contributed by atoms with Crippen molar-refractivity contribution in [1.29, 1.82) is 0 Å². The Bertz CT molecular complexity index is 1440. The molecule has 0 saturated carbocycles. The molecule has 2 unspecified atom stereocenters. The van der Waals surface area contributed by atoms with Crippen LogP contribution in [-0.2, 0) is 28.9 Å². The zero-order valence-electron chi connectivity index (χ0n) is 17.8. The summed E-state index contributed by atoms with van der Waals surface area (Å²) in [5.41, 5.74) is 0.291. The van der Waals surface area contributed by atoms with E-state index in [2.05, 4.69) is 9.98 Å². The van der Waals surface area contributed by atoms with E-state index < -0.39 is 32.5 Å². The molecule has 0 aromatic heterocycles. The van der Waals surface area contributed by atoms with E-state index in [1.54, 1.807) is 60.7 Å². The number of para-hydroxylation sites is 2. The predicted molar refractivity (Wildman–Crippen MR) is 120 cm³/mol. The molecular weight excluding hydrogens is 444 g/mol. The average molecular weight is 464 g/mol. The highest BCUT2D eigenvalue weighted by atomic mass is 32.2. The minimum Gasteiger partial charge on any atom is -0.466 e. The number of nitrogens with zero attached hydrogens (tertiary/aromatic N) is 2. The summed E-state index contributed by atoms with van der Waals surface area (Å²) in [6.07, 6.45) is 5.38. The minimum atomic E-state index is -4.22. The maximum absolute atomic E-state index is 13.9. The van der Waals surface area contributed by atoms with Crippen LogP contribution >= 0.6 is 0 Å². The van der Waals surface area contributed by atoms with Gasteiger partial charge in [-0.25, -0.2) is 18.0 Å². The van der Waals surface area contributed by atoms with Crippen molar-refractivity contribution in [3.8, 4) is 0 Å². The second-order valence-corrected chi connectivity index (χ2v) is 9.36. The van der Waals surface area contributed by atoms with Crippen molar-refractivity contribution in [2.45, 2.75) is 10.7 Å². The molecule has 0 radical (unpaired) electrons. The Morgan fingerprint density at radius 3 is 1.55 bits per heavy atom. The summed E-state index contributed by atoms with van der Waals surface area (Å²) in [6, 6.07) is 14.0. The molecule has 2 aliphatic heterocycles. The number of fused-ring (bicyclic) bond motifs is 2. The molecule has 0 saturated heterocycles. The van der Waals surface area contributed by atoms with Crippen LogP contribution < -0.4 is 21.2 Å². The Hall–Kier alpha value is -3.85. The number of hydrogen-bond acceptors (Lipinski definition) is 8. The van der Waals surface area contributed by atoms with Crippen LogP contribution in [-0.4, -0.2) is 45.3 Å². The molecule has 2 aromatic carbocycles. The molecule has 168 valence electrons. The van der Waals surface area contributed by atoms with Crippen molar-refractivity contribution in [2.24, 2.45) is 9.98 Å². The number of sulfone groups is 1. The van der Waals surface area contributed by atoms with Crippen LogP contribution in [0.15, 0.2) is 81.8 Å². The highest BCUT2D eigenvalue weighted by molar-refractivity contribution is 7.93. The van der Waals surface area contributed by atoms with Gasteiger partial charge in [0, 0.05) is 22.6 Å². The lowest BCUT2D eigenvalue weighted by molar-refractivity contribution is -0.135. The summed E-state index contributed by atoms with van der Waals surface area (Å²) in [5.74, 6) is -1.42. The molecule has 0 fully saturated rings. The summed E-state index contributed by atoms with van der Waals surface area (Å²) in [5, 5.41) is -0.595. The molecule has 4 rings (SSSR count). The summed E-state index contributed by atoms with van der Waals surface area (Å²) < 4.78 is 37.2. The summed E-state index contributed by atoms with van der Waals surface area (Å²) in [6.45, 7) is 0. The second kappa shape index (κ2) is 8.95. The minimum absolute atomic E-state index is 0.145. The van der Waals surface area contributed by atoms with E-state index in [0.717, 1.165) is 12.2 Å². The maximum atomic E-state index is 13.9. The van der Waals surface area contributed by atoms with Crippen LogP contribution in [0, 0.1) is 0 Å². The normalized spacial score (nSPS) is 21.4. The quantitative estimate of drug-likeness (QED) is 0.445. The van der Waals surface area contributed by atoms with Crippen molar-refractivity contribution in [3.63, 3.8) is 0 Å². The molecule has 0 bridgehead atoms. The van der Waals surface area contributed by atoms with E-state index in [4.69, 9.17) is 9.47 Å². The van der Waals surface area contributed by atoms with Gasteiger partial charge in [0.1, 0.15) is 0 Å². The van der Waals surface area contributed by atoms with Crippen molar-refractivity contribution >= 4 is 33.9 Å². The number of esters is 2. The van der Waals surface area contributed by atoms with Gasteiger partial charge >= 0.3 is 11.9 Å². The van der Waals surface area contributed by atoms with E-state index in [9.17, 15) is 18.0 Å². The Kier molecular flexibility index (Phi) is 6.06. The first-order chi connectivity index (χ1) is 15.8. The predicted octanol–water partition coefficient (Wildman–Crippen LogP) is -0.520. The topological polar surface area (TPSA) is 111 Å². The maximum Gasteiger partial charge on any atom is 0.330 e. The van der Waals surface area contributed by atoms with Gasteiger partial charge in [-0.2, -0.15) is 0 Å². The van der Waals surface area contributed by atoms with E-state index in [1.165, 1.54) is 14.2 Å². The number of benzene rings is 2. The Labute approximate surface area is 189 Å². The van der Waals surface area contributed by atoms with Crippen molar-refractivity contribution in [2.75, 3.05) is 14.2 Å². The highest BCUT2D eigenvalue weighted by Crippen LogP contribution is 2.27. The van der Waals surface area contributed by atoms with Crippen molar-refractivity contribution < 1.29 is 27.5 Å². The van der Waals surface area contributed by atoms with Gasteiger partial charge in [-0.3, -0.25) is 9.98 Å². The van der Waals surface area contributed by atoms with Crippen LogP contribution in [0.3, 0.4) is 0 Å². The first kappa shape index (κ1) is 22.3. The first-order valence-electron chi connectivity index (χ1n) is 9.94. The number of carbonyl (C=O) groups excluding carboxylic acids is 2.